The van der Waals surface area contributed by atoms with Crippen LogP contribution in [0.15, 0.2) is 24.3 Å². The quantitative estimate of drug-likeness (QED) is 0.646. The Morgan fingerprint density at radius 2 is 1.82 bits per heavy atom. The topological polar surface area (TPSA) is 69.6 Å². The Labute approximate surface area is 196 Å². The summed E-state index contributed by atoms with van der Waals surface area (Å²) in [4.78, 5) is 41.7. The van der Waals surface area contributed by atoms with E-state index in [1.54, 1.807) is 4.90 Å². The number of rotatable bonds is 7. The van der Waals surface area contributed by atoms with E-state index in [1.165, 1.54) is 5.56 Å². The summed E-state index contributed by atoms with van der Waals surface area (Å²) in [5, 5.41) is 0. The Morgan fingerprint density at radius 1 is 1.09 bits per heavy atom. The maximum absolute atomic E-state index is 13.1. The van der Waals surface area contributed by atoms with Gasteiger partial charge in [0.05, 0.1) is 19.1 Å². The molecule has 1 atom stereocenters. The highest BCUT2D eigenvalue weighted by atomic mass is 16.2. The van der Waals surface area contributed by atoms with Crippen LogP contribution in [0.5, 0.6) is 0 Å². The zero-order chi connectivity index (χ0) is 23.5. The van der Waals surface area contributed by atoms with Crippen LogP contribution in [-0.4, -0.2) is 57.8 Å². The van der Waals surface area contributed by atoms with Crippen LogP contribution in [0.4, 0.5) is 5.82 Å². The van der Waals surface area contributed by atoms with Gasteiger partial charge in [0, 0.05) is 24.2 Å². The average molecular weight is 450 g/mol. The van der Waals surface area contributed by atoms with Crippen LogP contribution in [0, 0.1) is 13.8 Å². The van der Waals surface area contributed by atoms with Crippen molar-refractivity contribution in [2.24, 2.45) is 0 Å². The molecule has 1 aromatic carbocycles. The van der Waals surface area contributed by atoms with Crippen molar-refractivity contribution in [2.75, 3.05) is 31.1 Å². The molecule has 7 nitrogen and oxygen atoms in total. The lowest BCUT2D eigenvalue weighted by atomic mass is 10.0. The van der Waals surface area contributed by atoms with E-state index in [-0.39, 0.29) is 17.9 Å². The molecule has 1 fully saturated rings. The lowest BCUT2D eigenvalue weighted by molar-refractivity contribution is -0.133. The van der Waals surface area contributed by atoms with Crippen LogP contribution in [0.2, 0.25) is 0 Å². The summed E-state index contributed by atoms with van der Waals surface area (Å²) < 4.78 is 0. The monoisotopic (exact) mass is 449 g/mol. The largest absolute Gasteiger partial charge is 0.331 e. The second-order valence-electron chi connectivity index (χ2n) is 9.14. The molecule has 33 heavy (non-hydrogen) atoms. The molecule has 1 aromatic heterocycles. The summed E-state index contributed by atoms with van der Waals surface area (Å²) >= 11 is 0. The molecule has 1 unspecified atom stereocenters. The van der Waals surface area contributed by atoms with Crippen molar-refractivity contribution in [2.45, 2.75) is 66.0 Å². The molecule has 3 heterocycles. The van der Waals surface area contributed by atoms with Crippen LogP contribution >= 0.6 is 0 Å². The summed E-state index contributed by atoms with van der Waals surface area (Å²) in [5.74, 6) is 1.61. The number of anilines is 1. The summed E-state index contributed by atoms with van der Waals surface area (Å²) in [7, 11) is 0. The Balaban J connectivity index is 1.64. The van der Waals surface area contributed by atoms with E-state index in [0.717, 1.165) is 55.1 Å². The molecule has 2 aliphatic heterocycles. The number of aryl methyl sites for hydroxylation is 2. The van der Waals surface area contributed by atoms with Gasteiger partial charge in [0.1, 0.15) is 5.82 Å². The molecule has 4 rings (SSSR count). The number of fused-ring (bicyclic) bond motifs is 1. The average Bonchev–Trinajstić information content (AvgIpc) is 3.30. The second-order valence-corrected chi connectivity index (χ2v) is 9.14. The second kappa shape index (κ2) is 10.00. The van der Waals surface area contributed by atoms with Crippen LogP contribution in [-0.2, 0) is 22.6 Å². The molecule has 0 N–H and O–H groups in total. The Kier molecular flexibility index (Phi) is 7.08. The molecule has 2 aromatic rings. The van der Waals surface area contributed by atoms with E-state index in [1.807, 2.05) is 11.8 Å². The fraction of sp³-hybridized carbons (Fsp3) is 0.538. The van der Waals surface area contributed by atoms with Gasteiger partial charge in [-0.15, -0.1) is 0 Å². The van der Waals surface area contributed by atoms with Crippen LogP contribution < -0.4 is 4.90 Å². The summed E-state index contributed by atoms with van der Waals surface area (Å²) in [5.41, 5.74) is 4.24. The number of hydrogen-bond acceptors (Lipinski definition) is 5. The van der Waals surface area contributed by atoms with E-state index in [2.05, 4.69) is 49.9 Å². The number of likely N-dealkylation sites (tertiary alicyclic amines) is 1. The maximum atomic E-state index is 13.1. The summed E-state index contributed by atoms with van der Waals surface area (Å²) in [6.07, 6.45) is 2.94. The van der Waals surface area contributed by atoms with Gasteiger partial charge in [-0.1, -0.05) is 43.7 Å². The van der Waals surface area contributed by atoms with Gasteiger partial charge in [0.25, 0.3) is 0 Å². The van der Waals surface area contributed by atoms with Crippen LogP contribution in [0.25, 0.3) is 0 Å². The van der Waals surface area contributed by atoms with Gasteiger partial charge in [-0.25, -0.2) is 9.97 Å². The van der Waals surface area contributed by atoms with Gasteiger partial charge < -0.3 is 4.90 Å². The van der Waals surface area contributed by atoms with Crippen molar-refractivity contribution in [1.29, 1.82) is 0 Å². The summed E-state index contributed by atoms with van der Waals surface area (Å²) in [6.45, 7) is 11.6. The highest BCUT2D eigenvalue weighted by Gasteiger charge is 2.35. The molecule has 0 bridgehead atoms. The SMILES string of the molecule is CCN(CC)CC(=O)N1CCCC1c1nc(C)c2c(n1)N(Cc1ccc(C)cc1)C(=O)CC2. The molecule has 176 valence electrons. The molecule has 0 radical (unpaired) electrons. The number of benzene rings is 1. The van der Waals surface area contributed by atoms with Crippen LogP contribution in [0.1, 0.15) is 67.4 Å². The molecule has 2 aliphatic rings. The van der Waals surface area contributed by atoms with Gasteiger partial charge in [0.15, 0.2) is 5.82 Å². The molecule has 0 spiro atoms. The van der Waals surface area contributed by atoms with Gasteiger partial charge in [-0.3, -0.25) is 19.4 Å². The standard InChI is InChI=1S/C26H35N5O2/c1-5-29(6-2)17-24(33)30-15-7-8-22(30)25-27-19(4)21-13-14-23(32)31(26(21)28-25)16-20-11-9-18(3)10-12-20/h9-12,22H,5-8,13-17H2,1-4H3. The highest BCUT2D eigenvalue weighted by Crippen LogP contribution is 2.35. The van der Waals surface area contributed by atoms with Crippen molar-refractivity contribution in [3.63, 3.8) is 0 Å². The number of carbonyl (C=O) groups is 2. The fourth-order valence-electron chi connectivity index (χ4n) is 4.85. The lowest BCUT2D eigenvalue weighted by Crippen LogP contribution is -2.41. The predicted octanol–water partition coefficient (Wildman–Crippen LogP) is 3.58. The van der Waals surface area contributed by atoms with Gasteiger partial charge in [-0.2, -0.15) is 0 Å². The minimum atomic E-state index is -0.129. The van der Waals surface area contributed by atoms with E-state index < -0.39 is 0 Å². The van der Waals surface area contributed by atoms with Crippen molar-refractivity contribution < 1.29 is 9.59 Å². The molecule has 7 heteroatoms. The highest BCUT2D eigenvalue weighted by molar-refractivity contribution is 5.95. The van der Waals surface area contributed by atoms with E-state index in [0.29, 0.717) is 31.8 Å². The predicted molar refractivity (Wildman–Crippen MR) is 129 cm³/mol. The van der Waals surface area contributed by atoms with E-state index >= 15 is 0 Å². The molecular weight excluding hydrogens is 414 g/mol. The van der Waals surface area contributed by atoms with Gasteiger partial charge in [-0.05, 0) is 51.8 Å². The maximum Gasteiger partial charge on any atom is 0.237 e. The molecule has 0 saturated carbocycles. The first kappa shape index (κ1) is 23.4. The third-order valence-electron chi connectivity index (χ3n) is 6.94. The number of nitrogens with zero attached hydrogens (tertiary/aromatic N) is 5. The number of likely N-dealkylation sites (N-methyl/N-ethyl adjacent to an activating group) is 1. The third kappa shape index (κ3) is 4.93. The molecule has 0 aliphatic carbocycles. The third-order valence-corrected chi connectivity index (χ3v) is 6.94. The molecular formula is C26H35N5O2. The van der Waals surface area contributed by atoms with Crippen molar-refractivity contribution in [3.05, 3.63) is 52.5 Å². The van der Waals surface area contributed by atoms with E-state index in [4.69, 9.17) is 9.97 Å². The molecule has 2 amide bonds. The molecule has 1 saturated heterocycles. The van der Waals surface area contributed by atoms with Crippen molar-refractivity contribution in [1.82, 2.24) is 19.8 Å². The van der Waals surface area contributed by atoms with Gasteiger partial charge in [0.2, 0.25) is 11.8 Å². The number of carbonyl (C=O) groups excluding carboxylic acids is 2. The first-order valence-corrected chi connectivity index (χ1v) is 12.2. The first-order valence-electron chi connectivity index (χ1n) is 12.2. The minimum Gasteiger partial charge on any atom is -0.331 e. The van der Waals surface area contributed by atoms with Crippen molar-refractivity contribution in [3.8, 4) is 0 Å². The van der Waals surface area contributed by atoms with Crippen molar-refractivity contribution >= 4 is 17.6 Å². The Hall–Kier alpha value is -2.80. The lowest BCUT2D eigenvalue weighted by Gasteiger charge is -2.31. The smallest absolute Gasteiger partial charge is 0.237 e. The Morgan fingerprint density at radius 3 is 2.52 bits per heavy atom. The van der Waals surface area contributed by atoms with E-state index in [9.17, 15) is 9.59 Å². The first-order chi connectivity index (χ1) is 15.9. The zero-order valence-corrected chi connectivity index (χ0v) is 20.3. The minimum absolute atomic E-state index is 0.0908. The fourth-order valence-corrected chi connectivity index (χ4v) is 4.85. The summed E-state index contributed by atoms with van der Waals surface area (Å²) in [6, 6.07) is 8.14. The Bertz CT molecular complexity index is 1020. The number of aromatic nitrogens is 2. The number of hydrogen-bond donors (Lipinski definition) is 0. The van der Waals surface area contributed by atoms with Gasteiger partial charge >= 0.3 is 0 Å². The zero-order valence-electron chi connectivity index (χ0n) is 20.3. The normalized spacial score (nSPS) is 18.2. The number of amides is 2. The van der Waals surface area contributed by atoms with Crippen LogP contribution in [0.3, 0.4) is 0 Å².